The quantitative estimate of drug-likeness (QED) is 0.686. The van der Waals surface area contributed by atoms with Crippen LogP contribution in [0.15, 0.2) is 10.9 Å². The second-order valence-corrected chi connectivity index (χ2v) is 4.14. The summed E-state index contributed by atoms with van der Waals surface area (Å²) >= 11 is 3.97. The summed E-state index contributed by atoms with van der Waals surface area (Å²) in [5, 5.41) is 2.69. The fourth-order valence-corrected chi connectivity index (χ4v) is 1.68. The largest absolute Gasteiger partial charge is 0.352 e. The van der Waals surface area contributed by atoms with Crippen LogP contribution in [-0.2, 0) is 11.3 Å². The Morgan fingerprint density at radius 2 is 2.19 bits per heavy atom. The van der Waals surface area contributed by atoms with Gasteiger partial charge in [0.1, 0.15) is 0 Å². The third-order valence-corrected chi connectivity index (χ3v) is 2.52. The van der Waals surface area contributed by atoms with Crippen LogP contribution < -0.4 is 10.9 Å². The minimum Gasteiger partial charge on any atom is -0.352 e. The molecule has 1 heterocycles. The Labute approximate surface area is 99.9 Å². The molecule has 0 aromatic carbocycles. The molecular formula is C11H16N2O2S. The molecule has 16 heavy (non-hydrogen) atoms. The minimum absolute atomic E-state index is 0.0885. The number of aromatic amines is 1. The highest BCUT2D eigenvalue weighted by Gasteiger charge is 2.06. The molecule has 88 valence electrons. The highest BCUT2D eigenvalue weighted by Crippen LogP contribution is 2.03. The Hall–Kier alpha value is -1.23. The molecule has 0 bridgehead atoms. The van der Waals surface area contributed by atoms with Crippen molar-refractivity contribution in [1.29, 1.82) is 0 Å². The second kappa shape index (κ2) is 5.75. The summed E-state index contributed by atoms with van der Waals surface area (Å²) in [4.78, 5) is 25.6. The second-order valence-electron chi connectivity index (χ2n) is 3.69. The van der Waals surface area contributed by atoms with Crippen LogP contribution >= 0.6 is 12.6 Å². The van der Waals surface area contributed by atoms with Crippen LogP contribution in [0.1, 0.15) is 23.2 Å². The van der Waals surface area contributed by atoms with E-state index in [4.69, 9.17) is 0 Å². The molecule has 0 aliphatic heterocycles. The molecule has 0 fully saturated rings. The van der Waals surface area contributed by atoms with Crippen molar-refractivity contribution < 1.29 is 4.79 Å². The number of amides is 1. The lowest BCUT2D eigenvalue weighted by molar-refractivity contribution is -0.120. The Kier molecular flexibility index (Phi) is 4.61. The van der Waals surface area contributed by atoms with E-state index in [1.807, 2.05) is 19.9 Å². The highest BCUT2D eigenvalue weighted by atomic mass is 32.1. The van der Waals surface area contributed by atoms with Gasteiger partial charge in [-0.15, -0.1) is 0 Å². The first-order chi connectivity index (χ1) is 7.54. The Balaban J connectivity index is 2.75. The van der Waals surface area contributed by atoms with Crippen LogP contribution in [0.5, 0.6) is 0 Å². The number of H-pyrrole nitrogens is 1. The van der Waals surface area contributed by atoms with Gasteiger partial charge in [-0.3, -0.25) is 9.59 Å². The van der Waals surface area contributed by atoms with E-state index in [0.29, 0.717) is 17.7 Å². The van der Waals surface area contributed by atoms with E-state index in [-0.39, 0.29) is 18.0 Å². The fourth-order valence-electron chi connectivity index (χ4n) is 1.48. The molecule has 0 aliphatic rings. The smallest absolute Gasteiger partial charge is 0.253 e. The number of aromatic nitrogens is 1. The summed E-state index contributed by atoms with van der Waals surface area (Å²) < 4.78 is 0. The summed E-state index contributed by atoms with van der Waals surface area (Å²) in [5.41, 5.74) is 2.20. The van der Waals surface area contributed by atoms with Crippen LogP contribution in [0.3, 0.4) is 0 Å². The lowest BCUT2D eigenvalue weighted by Crippen LogP contribution is -2.27. The number of pyridine rings is 1. The number of aryl methyl sites for hydroxylation is 2. The summed E-state index contributed by atoms with van der Waals surface area (Å²) in [6.07, 6.45) is 0.367. The predicted octanol–water partition coefficient (Wildman–Crippen LogP) is 0.928. The summed E-state index contributed by atoms with van der Waals surface area (Å²) in [6, 6.07) is 1.89. The van der Waals surface area contributed by atoms with Crippen LogP contribution in [-0.4, -0.2) is 16.6 Å². The molecule has 0 aliphatic carbocycles. The number of hydrogen-bond donors (Lipinski definition) is 3. The Morgan fingerprint density at radius 3 is 2.75 bits per heavy atom. The maximum atomic E-state index is 11.6. The molecule has 0 saturated heterocycles. The van der Waals surface area contributed by atoms with E-state index in [0.717, 1.165) is 11.3 Å². The maximum absolute atomic E-state index is 11.6. The van der Waals surface area contributed by atoms with Gasteiger partial charge in [0.05, 0.1) is 0 Å². The summed E-state index contributed by atoms with van der Waals surface area (Å²) in [7, 11) is 0. The van der Waals surface area contributed by atoms with Gasteiger partial charge in [-0.05, 0) is 31.2 Å². The zero-order chi connectivity index (χ0) is 12.1. The van der Waals surface area contributed by atoms with Gasteiger partial charge in [0.2, 0.25) is 5.91 Å². The SMILES string of the molecule is Cc1cc(C)c(CNC(=O)CCS)c(=O)[nH]1. The molecule has 1 amide bonds. The van der Waals surface area contributed by atoms with Crippen molar-refractivity contribution >= 4 is 18.5 Å². The average molecular weight is 240 g/mol. The molecule has 5 heteroatoms. The average Bonchev–Trinajstić information content (AvgIpc) is 2.16. The molecule has 1 aromatic heterocycles. The highest BCUT2D eigenvalue weighted by molar-refractivity contribution is 7.80. The van der Waals surface area contributed by atoms with Crippen molar-refractivity contribution in [2.24, 2.45) is 0 Å². The van der Waals surface area contributed by atoms with Crippen molar-refractivity contribution in [2.45, 2.75) is 26.8 Å². The summed E-state index contributed by atoms with van der Waals surface area (Å²) in [5.74, 6) is 0.420. The lowest BCUT2D eigenvalue weighted by atomic mass is 10.1. The van der Waals surface area contributed by atoms with Gasteiger partial charge in [-0.2, -0.15) is 12.6 Å². The first kappa shape index (κ1) is 12.8. The van der Waals surface area contributed by atoms with Crippen molar-refractivity contribution in [3.05, 3.63) is 33.2 Å². The van der Waals surface area contributed by atoms with Gasteiger partial charge in [0.25, 0.3) is 5.56 Å². The molecule has 2 N–H and O–H groups in total. The van der Waals surface area contributed by atoms with Crippen LogP contribution in [0.2, 0.25) is 0 Å². The standard InChI is InChI=1S/C11H16N2O2S/c1-7-5-8(2)13-11(15)9(7)6-12-10(14)3-4-16/h5,16H,3-4,6H2,1-2H3,(H,12,14)(H,13,15). The van der Waals surface area contributed by atoms with Gasteiger partial charge in [-0.1, -0.05) is 0 Å². The van der Waals surface area contributed by atoms with E-state index in [1.165, 1.54) is 0 Å². The first-order valence-electron chi connectivity index (χ1n) is 5.11. The van der Waals surface area contributed by atoms with Gasteiger partial charge < -0.3 is 10.3 Å². The number of hydrogen-bond acceptors (Lipinski definition) is 3. The normalized spacial score (nSPS) is 10.2. The van der Waals surface area contributed by atoms with Gasteiger partial charge in [0.15, 0.2) is 0 Å². The lowest BCUT2D eigenvalue weighted by Gasteiger charge is -2.07. The zero-order valence-electron chi connectivity index (χ0n) is 9.46. The van der Waals surface area contributed by atoms with E-state index < -0.39 is 0 Å². The topological polar surface area (TPSA) is 62.0 Å². The summed E-state index contributed by atoms with van der Waals surface area (Å²) in [6.45, 7) is 3.97. The molecule has 0 atom stereocenters. The number of rotatable bonds is 4. The number of nitrogens with one attached hydrogen (secondary N) is 2. The molecular weight excluding hydrogens is 224 g/mol. The third-order valence-electron chi connectivity index (χ3n) is 2.30. The molecule has 0 unspecified atom stereocenters. The Bertz CT molecular complexity index is 440. The molecule has 0 radical (unpaired) electrons. The maximum Gasteiger partial charge on any atom is 0.253 e. The van der Waals surface area contributed by atoms with Gasteiger partial charge in [0, 0.05) is 24.2 Å². The first-order valence-corrected chi connectivity index (χ1v) is 5.74. The number of thiol groups is 1. The van der Waals surface area contributed by atoms with Crippen molar-refractivity contribution in [1.82, 2.24) is 10.3 Å². The van der Waals surface area contributed by atoms with Crippen LogP contribution in [0, 0.1) is 13.8 Å². The molecule has 1 rings (SSSR count). The van der Waals surface area contributed by atoms with E-state index in [1.54, 1.807) is 0 Å². The van der Waals surface area contributed by atoms with E-state index >= 15 is 0 Å². The van der Waals surface area contributed by atoms with Crippen molar-refractivity contribution in [3.63, 3.8) is 0 Å². The third kappa shape index (κ3) is 3.41. The minimum atomic E-state index is -0.135. The van der Waals surface area contributed by atoms with Gasteiger partial charge >= 0.3 is 0 Å². The van der Waals surface area contributed by atoms with E-state index in [2.05, 4.69) is 22.9 Å². The number of carbonyl (C=O) groups is 1. The monoisotopic (exact) mass is 240 g/mol. The molecule has 0 saturated carbocycles. The van der Waals surface area contributed by atoms with Crippen molar-refractivity contribution in [3.8, 4) is 0 Å². The predicted molar refractivity (Wildman–Crippen MR) is 66.9 cm³/mol. The number of carbonyl (C=O) groups excluding carboxylic acids is 1. The van der Waals surface area contributed by atoms with Crippen LogP contribution in [0.4, 0.5) is 0 Å². The molecule has 4 nitrogen and oxygen atoms in total. The molecule has 0 spiro atoms. The van der Waals surface area contributed by atoms with E-state index in [9.17, 15) is 9.59 Å². The Morgan fingerprint density at radius 1 is 1.50 bits per heavy atom. The molecule has 1 aromatic rings. The fraction of sp³-hybridized carbons (Fsp3) is 0.455. The zero-order valence-corrected chi connectivity index (χ0v) is 10.4. The van der Waals surface area contributed by atoms with Gasteiger partial charge in [-0.25, -0.2) is 0 Å². The van der Waals surface area contributed by atoms with Crippen molar-refractivity contribution in [2.75, 3.05) is 5.75 Å². The van der Waals surface area contributed by atoms with Crippen LogP contribution in [0.25, 0.3) is 0 Å².